The van der Waals surface area contributed by atoms with Crippen LogP contribution in [0.4, 0.5) is 0 Å². The van der Waals surface area contributed by atoms with Gasteiger partial charge in [0, 0.05) is 11.0 Å². The first-order valence-corrected chi connectivity index (χ1v) is 33.0. The summed E-state index contributed by atoms with van der Waals surface area (Å²) in [4.78, 5) is 0. The fourth-order valence-electron chi connectivity index (χ4n) is 9.64. The summed E-state index contributed by atoms with van der Waals surface area (Å²) in [5.41, 5.74) is 5.82. The molecule has 0 amide bonds. The van der Waals surface area contributed by atoms with Crippen LogP contribution in [0.1, 0.15) is 149 Å². The van der Waals surface area contributed by atoms with Crippen LogP contribution in [0.3, 0.4) is 0 Å². The third kappa shape index (κ3) is 32.0. The highest BCUT2D eigenvalue weighted by Crippen LogP contribution is 2.32. The Bertz CT molecular complexity index is 4390. The molecule has 0 aromatic heterocycles. The second-order valence-electron chi connectivity index (χ2n) is 23.3. The Morgan fingerprint density at radius 1 is 0.300 bits per heavy atom. The molecule has 0 saturated heterocycles. The topological polar surface area (TPSA) is 192 Å². The van der Waals surface area contributed by atoms with E-state index in [0.717, 1.165) is 33.9 Å². The zero-order chi connectivity index (χ0) is 89.5. The third-order valence-corrected chi connectivity index (χ3v) is 15.0. The highest BCUT2D eigenvalue weighted by molar-refractivity contribution is 5.46. The van der Waals surface area contributed by atoms with Crippen molar-refractivity contribution in [2.75, 3.05) is 83.0 Å². The molecule has 0 aliphatic rings. The Kier molecular flexibility index (Phi) is 26.4. The lowest BCUT2D eigenvalue weighted by Crippen LogP contribution is -2.17. The number of benzene rings is 8. The molecule has 16 nitrogen and oxygen atoms in total. The van der Waals surface area contributed by atoms with E-state index in [-0.39, 0.29) is 104 Å². The minimum atomic E-state index is -2.88. The first kappa shape index (κ1) is 55.9. The molecule has 0 aliphatic carbocycles. The lowest BCUT2D eigenvalue weighted by Gasteiger charge is -2.13. The monoisotopic (exact) mass is 1400 g/mol. The van der Waals surface area contributed by atoms with Gasteiger partial charge < -0.3 is 77.3 Å². The summed E-state index contributed by atoms with van der Waals surface area (Å²) >= 11 is 0. The smallest absolute Gasteiger partial charge is 0.160 e. The summed E-state index contributed by atoms with van der Waals surface area (Å²) in [6, 6.07) is 47.9. The molecule has 4 atom stereocenters. The number of aliphatic hydroxyl groups excluding tert-OH is 4. The molecule has 0 aliphatic heterocycles. The molecular formula is C84H112O16. The van der Waals surface area contributed by atoms with Gasteiger partial charge >= 0.3 is 0 Å². The fraction of sp³-hybridized carbons (Fsp3) is 0.429. The second kappa shape index (κ2) is 47.3. The predicted octanol–water partition coefficient (Wildman–Crippen LogP) is 16.7. The van der Waals surface area contributed by atoms with E-state index in [9.17, 15) is 20.4 Å². The van der Waals surface area contributed by atoms with E-state index in [2.05, 4.69) is 0 Å². The Balaban J connectivity index is 0.000000285. The van der Waals surface area contributed by atoms with Gasteiger partial charge in [0.05, 0.1) is 97.5 Å². The van der Waals surface area contributed by atoms with Gasteiger partial charge in [0.1, 0.15) is 49.4 Å². The van der Waals surface area contributed by atoms with Crippen molar-refractivity contribution < 1.29 is 105 Å². The van der Waals surface area contributed by atoms with Gasteiger partial charge in [0.2, 0.25) is 0 Å². The van der Waals surface area contributed by atoms with Crippen LogP contribution in [-0.4, -0.2) is 128 Å². The van der Waals surface area contributed by atoms with Gasteiger partial charge in [-0.25, -0.2) is 0 Å². The molecule has 0 radical (unpaired) electrons. The van der Waals surface area contributed by atoms with Crippen LogP contribution in [0.2, 0.25) is 0 Å². The summed E-state index contributed by atoms with van der Waals surface area (Å²) in [5, 5.41) is 40.6. The highest BCUT2D eigenvalue weighted by Gasteiger charge is 2.13. The fourth-order valence-corrected chi connectivity index (χ4v) is 9.64. The Labute approximate surface area is 624 Å². The second-order valence-corrected chi connectivity index (χ2v) is 23.3. The van der Waals surface area contributed by atoms with E-state index >= 15 is 0 Å². The number of aliphatic hydroxyl groups is 4. The van der Waals surface area contributed by atoms with Crippen molar-refractivity contribution in [3.8, 4) is 69.0 Å². The average Bonchev–Trinajstić information content (AvgIpc) is 0.826. The standard InChI is InChI=1S/4C21H28O4/c4*1-16-7-6-10-19(13-16)25-15-18(22)9-5-4-8-17-11-12-20(23-2)21(14-17)24-3/h4*6-7,10-14,18,22H,4-5,8-9,15H2,1-3H3/i2D3,3D3,8D2;3D3,8D2;2D3,8D2;4D2. The maximum Gasteiger partial charge on any atom is 0.160 e. The minimum absolute atomic E-state index is 0.0285. The van der Waals surface area contributed by atoms with Crippen LogP contribution >= 0.6 is 0 Å². The molecule has 100 heavy (non-hydrogen) atoms. The van der Waals surface area contributed by atoms with Gasteiger partial charge in [-0.2, -0.15) is 0 Å². The van der Waals surface area contributed by atoms with E-state index in [0.29, 0.717) is 85.0 Å². The van der Waals surface area contributed by atoms with E-state index < -0.39 is 78.1 Å². The molecule has 0 fully saturated rings. The molecule has 0 heterocycles. The van der Waals surface area contributed by atoms with E-state index in [1.807, 2.05) is 125 Å². The predicted molar refractivity (Wildman–Crippen MR) is 399 cm³/mol. The molecule has 4 N–H and O–H groups in total. The lowest BCUT2D eigenvalue weighted by atomic mass is 10.0. The maximum atomic E-state index is 10.2. The minimum Gasteiger partial charge on any atom is -0.493 e. The molecule has 8 aromatic rings. The summed E-state index contributed by atoms with van der Waals surface area (Å²) in [6.45, 7) is 8.32. The van der Waals surface area contributed by atoms with Crippen LogP contribution < -0.4 is 56.8 Å². The Morgan fingerprint density at radius 3 is 0.850 bits per heavy atom. The lowest BCUT2D eigenvalue weighted by molar-refractivity contribution is 0.0976. The van der Waals surface area contributed by atoms with Crippen molar-refractivity contribution in [3.05, 3.63) is 214 Å². The maximum absolute atomic E-state index is 10.2. The molecule has 8 rings (SSSR count). The highest BCUT2D eigenvalue weighted by atomic mass is 16.5. The molecule has 8 aromatic carbocycles. The normalized spacial score (nSPS) is 15.9. The van der Waals surface area contributed by atoms with Gasteiger partial charge in [-0.05, 0) is 246 Å². The number of aryl methyl sites for hydroxylation is 8. The van der Waals surface area contributed by atoms with E-state index in [1.165, 1.54) is 56.7 Å². The van der Waals surface area contributed by atoms with Gasteiger partial charge in [0.25, 0.3) is 0 Å². The zero-order valence-electron chi connectivity index (χ0n) is 78.5. The Hall–Kier alpha value is -8.80. The van der Waals surface area contributed by atoms with Crippen molar-refractivity contribution in [2.24, 2.45) is 0 Å². The van der Waals surface area contributed by atoms with Crippen LogP contribution in [-0.2, 0) is 25.5 Å². The van der Waals surface area contributed by atoms with Gasteiger partial charge in [0.15, 0.2) is 46.0 Å². The average molecular weight is 1400 g/mol. The van der Waals surface area contributed by atoms with Crippen LogP contribution in [0.25, 0.3) is 0 Å². The van der Waals surface area contributed by atoms with Crippen molar-refractivity contribution >= 4 is 0 Å². The Morgan fingerprint density at radius 2 is 0.560 bits per heavy atom. The summed E-state index contributed by atoms with van der Waals surface area (Å²) in [7, 11) is -5.12. The molecular weight excluding hydrogens is 1260 g/mol. The van der Waals surface area contributed by atoms with Crippen molar-refractivity contribution in [2.45, 2.75) is 155 Å². The van der Waals surface area contributed by atoms with Crippen LogP contribution in [0.5, 0.6) is 69.0 Å². The molecule has 0 spiro atoms. The molecule has 16 heteroatoms. The van der Waals surface area contributed by atoms with Crippen molar-refractivity contribution in [3.63, 3.8) is 0 Å². The van der Waals surface area contributed by atoms with E-state index in [1.54, 1.807) is 38.5 Å². The summed E-state index contributed by atoms with van der Waals surface area (Å²) < 4.78 is 216. The third-order valence-electron chi connectivity index (χ3n) is 15.0. The van der Waals surface area contributed by atoms with E-state index in [4.69, 9.17) is 84.3 Å². The molecule has 4 unspecified atom stereocenters. The SMILES string of the molecule is [2H]C([2H])(CCC(O)COc1cccc(C)c1)Cc1ccc(OC)c(OC)c1.[2H]C([2H])([2H])Oc1cc(C([2H])([2H])CCCC(O)COc2cccc(C)c2)ccc1OC.[2H]C([2H])([2H])Oc1ccc(C([2H])([2H])CCCC(O)COc2cccc(C)c2)cc1OC.[2H]C([2H])([2H])Oc1ccc(C([2H])([2H])CCCC(O)COc2cccc(C)c2)cc1OC([2H])([2H])[2H]. The molecule has 0 bridgehead atoms. The van der Waals surface area contributed by atoms with Crippen molar-refractivity contribution in [1.29, 1.82) is 0 Å². The molecule has 0 saturated carbocycles. The quantitative estimate of drug-likeness (QED) is 0.0283. The van der Waals surface area contributed by atoms with Crippen molar-refractivity contribution in [1.82, 2.24) is 0 Å². The zero-order valence-corrected chi connectivity index (χ0v) is 58.5. The summed E-state index contributed by atoms with van der Waals surface area (Å²) in [5.74, 6) is 3.57. The first-order valence-electron chi connectivity index (χ1n) is 43.0. The van der Waals surface area contributed by atoms with Gasteiger partial charge in [-0.1, -0.05) is 98.5 Å². The number of hydrogen-bond acceptors (Lipinski definition) is 16. The number of rotatable bonds is 40. The van der Waals surface area contributed by atoms with Gasteiger partial charge in [-0.3, -0.25) is 0 Å². The summed E-state index contributed by atoms with van der Waals surface area (Å²) in [6.07, 6.45) is -6.24. The van der Waals surface area contributed by atoms with Gasteiger partial charge in [-0.15, -0.1) is 0 Å². The number of hydrogen-bond donors (Lipinski definition) is 4. The number of ether oxygens (including phenoxy) is 12. The first-order chi connectivity index (χ1) is 56.0. The molecule has 544 valence electrons. The van der Waals surface area contributed by atoms with Crippen LogP contribution in [0.15, 0.2) is 170 Å². The number of methoxy groups -OCH3 is 8. The van der Waals surface area contributed by atoms with Crippen LogP contribution in [0, 0.1) is 27.7 Å². The largest absolute Gasteiger partial charge is 0.493 e.